The van der Waals surface area contributed by atoms with Crippen LogP contribution in [0.1, 0.15) is 16.8 Å². The Balaban J connectivity index is 1.91. The lowest BCUT2D eigenvalue weighted by Crippen LogP contribution is -2.42. The molecule has 2 rings (SSSR count). The lowest BCUT2D eigenvalue weighted by Gasteiger charge is -2.18. The molecule has 1 atom stereocenters. The van der Waals surface area contributed by atoms with E-state index in [2.05, 4.69) is 5.32 Å². The first-order valence-electron chi connectivity index (χ1n) is 6.66. The minimum Gasteiger partial charge on any atom is -0.479 e. The summed E-state index contributed by atoms with van der Waals surface area (Å²) >= 11 is 11.5. The molecule has 0 bridgehead atoms. The van der Waals surface area contributed by atoms with Gasteiger partial charge in [-0.3, -0.25) is 9.59 Å². The molecule has 124 valence electrons. The summed E-state index contributed by atoms with van der Waals surface area (Å²) in [7, 11) is 0. The van der Waals surface area contributed by atoms with Gasteiger partial charge < -0.3 is 15.3 Å². The van der Waals surface area contributed by atoms with Crippen LogP contribution in [0, 0.1) is 0 Å². The van der Waals surface area contributed by atoms with Crippen LogP contribution in [0.4, 0.5) is 4.39 Å². The summed E-state index contributed by atoms with van der Waals surface area (Å²) in [4.78, 5) is 35.7. The fourth-order valence-electron chi connectivity index (χ4n) is 2.17. The quantitative estimate of drug-likeness (QED) is 0.854. The second-order valence-electron chi connectivity index (χ2n) is 5.15. The van der Waals surface area contributed by atoms with E-state index in [1.807, 2.05) is 0 Å². The average Bonchev–Trinajstić information content (AvgIpc) is 2.91. The summed E-state index contributed by atoms with van der Waals surface area (Å²) in [5.41, 5.74) is -2.21. The van der Waals surface area contributed by atoms with Crippen LogP contribution in [-0.2, 0) is 9.59 Å². The number of carbonyl (C=O) groups is 3. The molecule has 2 amide bonds. The molecule has 6 nitrogen and oxygen atoms in total. The highest BCUT2D eigenvalue weighted by Gasteiger charge is 2.46. The van der Waals surface area contributed by atoms with Crippen LogP contribution < -0.4 is 5.32 Å². The molecule has 1 heterocycles. The average molecular weight is 363 g/mol. The van der Waals surface area contributed by atoms with Crippen LogP contribution in [0.25, 0.3) is 0 Å². The zero-order chi connectivity index (χ0) is 17.2. The second-order valence-corrected chi connectivity index (χ2v) is 5.96. The van der Waals surface area contributed by atoms with Crippen molar-refractivity contribution in [1.29, 1.82) is 0 Å². The third-order valence-electron chi connectivity index (χ3n) is 3.54. The highest BCUT2D eigenvalue weighted by molar-refractivity contribution is 6.42. The number of carbonyl (C=O) groups excluding carboxylic acids is 2. The van der Waals surface area contributed by atoms with Gasteiger partial charge in [0.05, 0.1) is 23.1 Å². The number of aliphatic carboxylic acids is 1. The Kier molecular flexibility index (Phi) is 5.11. The van der Waals surface area contributed by atoms with E-state index in [-0.39, 0.29) is 30.1 Å². The number of hydrogen-bond acceptors (Lipinski definition) is 3. The first-order valence-corrected chi connectivity index (χ1v) is 7.42. The first kappa shape index (κ1) is 17.5. The molecule has 0 spiro atoms. The van der Waals surface area contributed by atoms with Gasteiger partial charge >= 0.3 is 5.97 Å². The molecular formula is C14H13Cl2FN2O4. The smallest absolute Gasteiger partial charge is 0.343 e. The van der Waals surface area contributed by atoms with Crippen molar-refractivity contribution in [3.8, 4) is 0 Å². The molecular weight excluding hydrogens is 350 g/mol. The zero-order valence-electron chi connectivity index (χ0n) is 11.8. The number of benzene rings is 1. The largest absolute Gasteiger partial charge is 0.479 e. The maximum absolute atomic E-state index is 13.9. The summed E-state index contributed by atoms with van der Waals surface area (Å²) < 4.78 is 13.9. The fraction of sp³-hybridized carbons (Fsp3) is 0.357. The van der Waals surface area contributed by atoms with Gasteiger partial charge in [0, 0.05) is 18.5 Å². The third-order valence-corrected chi connectivity index (χ3v) is 4.28. The number of amides is 2. The predicted molar refractivity (Wildman–Crippen MR) is 81.5 cm³/mol. The predicted octanol–water partition coefficient (Wildman–Crippen LogP) is 1.75. The summed E-state index contributed by atoms with van der Waals surface area (Å²) in [6, 6.07) is 4.25. The van der Waals surface area contributed by atoms with Crippen molar-refractivity contribution in [3.63, 3.8) is 0 Å². The van der Waals surface area contributed by atoms with Crippen molar-refractivity contribution >= 4 is 41.0 Å². The van der Waals surface area contributed by atoms with Gasteiger partial charge in [0.15, 0.2) is 0 Å². The number of likely N-dealkylation sites (tertiary alicyclic amines) is 1. The Morgan fingerprint density at radius 3 is 2.57 bits per heavy atom. The van der Waals surface area contributed by atoms with E-state index >= 15 is 0 Å². The number of nitrogens with zero attached hydrogens (tertiary/aromatic N) is 1. The van der Waals surface area contributed by atoms with Crippen LogP contribution in [0.5, 0.6) is 0 Å². The number of hydrogen-bond donors (Lipinski definition) is 2. The van der Waals surface area contributed by atoms with Crippen molar-refractivity contribution in [3.05, 3.63) is 33.8 Å². The van der Waals surface area contributed by atoms with E-state index in [0.717, 1.165) is 4.90 Å². The summed E-state index contributed by atoms with van der Waals surface area (Å²) in [6.45, 7) is -0.900. The Morgan fingerprint density at radius 2 is 2.00 bits per heavy atom. The number of halogens is 3. The minimum absolute atomic E-state index is 0.00965. The van der Waals surface area contributed by atoms with Crippen molar-refractivity contribution in [2.45, 2.75) is 12.1 Å². The molecule has 2 N–H and O–H groups in total. The van der Waals surface area contributed by atoms with Crippen molar-refractivity contribution < 1.29 is 23.9 Å². The first-order chi connectivity index (χ1) is 10.7. The van der Waals surface area contributed by atoms with E-state index in [0.29, 0.717) is 5.02 Å². The van der Waals surface area contributed by atoms with Gasteiger partial charge in [-0.2, -0.15) is 0 Å². The van der Waals surface area contributed by atoms with Crippen molar-refractivity contribution in [2.75, 3.05) is 19.6 Å². The number of carboxylic acids is 1. The monoisotopic (exact) mass is 362 g/mol. The molecule has 1 fully saturated rings. The molecule has 0 radical (unpaired) electrons. The molecule has 0 aromatic heterocycles. The molecule has 9 heteroatoms. The van der Waals surface area contributed by atoms with Gasteiger partial charge in [0.1, 0.15) is 0 Å². The van der Waals surface area contributed by atoms with Gasteiger partial charge in [0.25, 0.3) is 5.91 Å². The highest BCUT2D eigenvalue weighted by atomic mass is 35.5. The second kappa shape index (κ2) is 6.72. The lowest BCUT2D eigenvalue weighted by atomic mass is 10.1. The molecule has 23 heavy (non-hydrogen) atoms. The Morgan fingerprint density at radius 1 is 1.30 bits per heavy atom. The highest BCUT2D eigenvalue weighted by Crippen LogP contribution is 2.26. The van der Waals surface area contributed by atoms with Crippen LogP contribution >= 0.6 is 23.2 Å². The van der Waals surface area contributed by atoms with Crippen molar-refractivity contribution in [2.24, 2.45) is 0 Å². The number of alkyl halides is 1. The van der Waals surface area contributed by atoms with Gasteiger partial charge in [-0.25, -0.2) is 9.18 Å². The van der Waals surface area contributed by atoms with E-state index in [9.17, 15) is 18.8 Å². The Bertz CT molecular complexity index is 670. The molecule has 1 saturated heterocycles. The Labute approximate surface area is 141 Å². The van der Waals surface area contributed by atoms with Gasteiger partial charge in [-0.1, -0.05) is 23.2 Å². The SMILES string of the molecule is O=C(NCC(=O)N1CCC(F)(C(=O)O)C1)c1ccc(Cl)c(Cl)c1. The van der Waals surface area contributed by atoms with Gasteiger partial charge in [-0.05, 0) is 18.2 Å². The molecule has 1 unspecified atom stereocenters. The van der Waals surface area contributed by atoms with Gasteiger partial charge in [0.2, 0.25) is 11.6 Å². The van der Waals surface area contributed by atoms with Crippen LogP contribution in [0.3, 0.4) is 0 Å². The topological polar surface area (TPSA) is 86.7 Å². The summed E-state index contributed by atoms with van der Waals surface area (Å²) in [5, 5.41) is 11.7. The van der Waals surface area contributed by atoms with E-state index < -0.39 is 30.0 Å². The molecule has 1 aromatic carbocycles. The molecule has 0 saturated carbocycles. The molecule has 0 aliphatic carbocycles. The van der Waals surface area contributed by atoms with E-state index in [4.69, 9.17) is 28.3 Å². The standard InChI is InChI=1S/C14H13Cl2FN2O4/c15-9-2-1-8(5-10(9)16)12(21)18-6-11(20)19-4-3-14(17,7-19)13(22)23/h1-2,5H,3-4,6-7H2,(H,18,21)(H,22,23). The van der Waals surface area contributed by atoms with Crippen LogP contribution in [-0.4, -0.2) is 53.1 Å². The maximum atomic E-state index is 13.9. The lowest BCUT2D eigenvalue weighted by molar-refractivity contribution is -0.150. The third kappa shape index (κ3) is 3.92. The molecule has 1 aliphatic heterocycles. The fourth-order valence-corrected chi connectivity index (χ4v) is 2.47. The molecule has 1 aromatic rings. The minimum atomic E-state index is -2.43. The zero-order valence-corrected chi connectivity index (χ0v) is 13.3. The summed E-state index contributed by atoms with van der Waals surface area (Å²) in [6.07, 6.45) is -0.269. The van der Waals surface area contributed by atoms with Crippen LogP contribution in [0.15, 0.2) is 18.2 Å². The normalized spacial score (nSPS) is 20.4. The number of nitrogens with one attached hydrogen (secondary N) is 1. The van der Waals surface area contributed by atoms with Gasteiger partial charge in [-0.15, -0.1) is 0 Å². The number of carboxylic acid groups (broad SMARTS) is 1. The van der Waals surface area contributed by atoms with Crippen molar-refractivity contribution in [1.82, 2.24) is 10.2 Å². The van der Waals surface area contributed by atoms with E-state index in [1.54, 1.807) is 0 Å². The van der Waals surface area contributed by atoms with E-state index in [1.165, 1.54) is 18.2 Å². The Hall–Kier alpha value is -1.86. The maximum Gasteiger partial charge on any atom is 0.343 e. The summed E-state index contributed by atoms with van der Waals surface area (Å²) in [5.74, 6) is -2.69. The van der Waals surface area contributed by atoms with Crippen LogP contribution in [0.2, 0.25) is 10.0 Å². The number of rotatable bonds is 4. The molecule has 1 aliphatic rings.